The van der Waals surface area contributed by atoms with Crippen LogP contribution in [0.15, 0.2) is 18.2 Å². The highest BCUT2D eigenvalue weighted by molar-refractivity contribution is 6.35. The third kappa shape index (κ3) is 2.75. The quantitative estimate of drug-likeness (QED) is 0.724. The number of aliphatic carboxylic acids is 1. The summed E-state index contributed by atoms with van der Waals surface area (Å²) in [5.41, 5.74) is 3.04. The molecule has 0 saturated carbocycles. The Bertz CT molecular complexity index is 1030. The molecule has 2 aliphatic rings. The molecule has 1 aromatic heterocycles. The van der Waals surface area contributed by atoms with E-state index in [-0.39, 0.29) is 11.4 Å². The van der Waals surface area contributed by atoms with Crippen LogP contribution in [0.5, 0.6) is 0 Å². The summed E-state index contributed by atoms with van der Waals surface area (Å²) >= 11 is 0. The van der Waals surface area contributed by atoms with Crippen LogP contribution in [0, 0.1) is 5.82 Å². The molecule has 0 radical (unpaired) electrons. The molecular formula is C20H17FN2O4. The summed E-state index contributed by atoms with van der Waals surface area (Å²) in [7, 11) is 0. The molecule has 1 amide bonds. The van der Waals surface area contributed by atoms with Crippen LogP contribution < -0.4 is 5.32 Å². The molecule has 0 spiro atoms. The van der Waals surface area contributed by atoms with Crippen molar-refractivity contribution in [1.82, 2.24) is 4.98 Å². The molecule has 2 heterocycles. The Labute approximate surface area is 154 Å². The molecule has 1 atom stereocenters. The lowest BCUT2D eigenvalue weighted by Gasteiger charge is -2.14. The second kappa shape index (κ2) is 6.19. The number of aromatic amines is 1. The predicted octanol–water partition coefficient (Wildman–Crippen LogP) is 3.35. The Balaban J connectivity index is 1.92. The number of fused-ring (bicyclic) bond motifs is 2. The Morgan fingerprint density at radius 3 is 2.81 bits per heavy atom. The van der Waals surface area contributed by atoms with Crippen LogP contribution in [-0.4, -0.2) is 27.8 Å². The van der Waals surface area contributed by atoms with Gasteiger partial charge in [0.15, 0.2) is 5.78 Å². The molecular weight excluding hydrogens is 351 g/mol. The summed E-state index contributed by atoms with van der Waals surface area (Å²) < 4.78 is 13.7. The molecule has 4 rings (SSSR count). The van der Waals surface area contributed by atoms with Gasteiger partial charge in [-0.05, 0) is 44.0 Å². The number of ketones is 1. The van der Waals surface area contributed by atoms with Crippen molar-refractivity contribution < 1.29 is 23.9 Å². The molecule has 1 aliphatic heterocycles. The van der Waals surface area contributed by atoms with Crippen molar-refractivity contribution in [3.63, 3.8) is 0 Å². The van der Waals surface area contributed by atoms with Crippen molar-refractivity contribution in [2.24, 2.45) is 0 Å². The van der Waals surface area contributed by atoms with E-state index in [4.69, 9.17) is 0 Å². The third-order valence-electron chi connectivity index (χ3n) is 5.11. The maximum absolute atomic E-state index is 13.7. The van der Waals surface area contributed by atoms with Crippen LogP contribution in [-0.2, 0) is 16.0 Å². The van der Waals surface area contributed by atoms with Gasteiger partial charge < -0.3 is 15.4 Å². The van der Waals surface area contributed by atoms with Crippen LogP contribution >= 0.6 is 0 Å². The minimum Gasteiger partial charge on any atom is -0.481 e. The van der Waals surface area contributed by atoms with E-state index in [1.54, 1.807) is 0 Å². The number of carboxylic acids is 1. The van der Waals surface area contributed by atoms with E-state index < -0.39 is 23.6 Å². The van der Waals surface area contributed by atoms with Gasteiger partial charge in [0, 0.05) is 40.2 Å². The molecule has 6 nitrogen and oxygen atoms in total. The van der Waals surface area contributed by atoms with Gasteiger partial charge in [-0.25, -0.2) is 4.39 Å². The van der Waals surface area contributed by atoms with E-state index >= 15 is 0 Å². The number of aryl methyl sites for hydroxylation is 1. The Kier molecular flexibility index (Phi) is 3.95. The van der Waals surface area contributed by atoms with E-state index in [9.17, 15) is 23.9 Å². The monoisotopic (exact) mass is 368 g/mol. The van der Waals surface area contributed by atoms with Crippen LogP contribution in [0.25, 0.3) is 11.6 Å². The summed E-state index contributed by atoms with van der Waals surface area (Å²) in [6, 6.07) is 3.99. The molecule has 3 N–H and O–H groups in total. The number of rotatable bonds is 3. The van der Waals surface area contributed by atoms with E-state index in [1.807, 2.05) is 0 Å². The van der Waals surface area contributed by atoms with Gasteiger partial charge in [-0.1, -0.05) is 0 Å². The van der Waals surface area contributed by atoms with Crippen molar-refractivity contribution in [3.05, 3.63) is 52.1 Å². The number of amides is 1. The molecule has 0 bridgehead atoms. The highest BCUT2D eigenvalue weighted by Gasteiger charge is 2.32. The Hall–Kier alpha value is -3.22. The number of nitrogens with one attached hydrogen (secondary N) is 2. The van der Waals surface area contributed by atoms with E-state index in [0.717, 1.165) is 0 Å². The summed E-state index contributed by atoms with van der Waals surface area (Å²) in [6.07, 6.45) is 3.22. The van der Waals surface area contributed by atoms with Gasteiger partial charge in [0.1, 0.15) is 5.82 Å². The normalized spacial score (nSPS) is 18.2. The third-order valence-corrected chi connectivity index (χ3v) is 5.11. The first-order valence-electron chi connectivity index (χ1n) is 8.70. The predicted molar refractivity (Wildman–Crippen MR) is 97.0 cm³/mol. The number of Topliss-reactive ketones (excluding diaryl/α,β-unsaturated/α-hetero) is 1. The van der Waals surface area contributed by atoms with Crippen LogP contribution in [0.4, 0.5) is 10.1 Å². The summed E-state index contributed by atoms with van der Waals surface area (Å²) in [6.45, 7) is 1.51. The number of carbonyl (C=O) groups excluding carboxylic acids is 2. The van der Waals surface area contributed by atoms with Gasteiger partial charge in [0.05, 0.1) is 11.5 Å². The summed E-state index contributed by atoms with van der Waals surface area (Å²) in [5, 5.41) is 12.2. The molecule has 1 aromatic carbocycles. The average molecular weight is 368 g/mol. The van der Waals surface area contributed by atoms with Crippen LogP contribution in [0.3, 0.4) is 0 Å². The van der Waals surface area contributed by atoms with Crippen LogP contribution in [0.1, 0.15) is 58.6 Å². The lowest BCUT2D eigenvalue weighted by atomic mass is 9.87. The fourth-order valence-electron chi connectivity index (χ4n) is 3.78. The first-order valence-corrected chi connectivity index (χ1v) is 8.70. The smallest absolute Gasteiger partial charge is 0.310 e. The molecule has 7 heteroatoms. The zero-order valence-electron chi connectivity index (χ0n) is 14.6. The lowest BCUT2D eigenvalue weighted by molar-refractivity contribution is -0.138. The number of anilines is 1. The minimum atomic E-state index is -1.06. The van der Waals surface area contributed by atoms with Crippen molar-refractivity contribution in [3.8, 4) is 0 Å². The number of hydrogen-bond donors (Lipinski definition) is 3. The Morgan fingerprint density at radius 1 is 1.30 bits per heavy atom. The summed E-state index contributed by atoms with van der Waals surface area (Å²) in [5.74, 6) is -2.95. The highest BCUT2D eigenvalue weighted by Crippen LogP contribution is 2.37. The SMILES string of the molecule is CC(C(=O)O)c1c(/C=C2\C(=O)Nc3ccc(F)cc32)[nH]c2c1C(=O)CCC2. The second-order valence-corrected chi connectivity index (χ2v) is 6.84. The van der Waals surface area contributed by atoms with Crippen LogP contribution in [0.2, 0.25) is 0 Å². The van der Waals surface area contributed by atoms with Gasteiger partial charge >= 0.3 is 5.97 Å². The zero-order chi connectivity index (χ0) is 19.3. The molecule has 0 fully saturated rings. The van der Waals surface area contributed by atoms with Gasteiger partial charge in [0.2, 0.25) is 0 Å². The first-order chi connectivity index (χ1) is 12.9. The minimum absolute atomic E-state index is 0.0948. The van der Waals surface area contributed by atoms with Crippen molar-refractivity contribution in [2.75, 3.05) is 5.32 Å². The topological polar surface area (TPSA) is 99.3 Å². The first kappa shape index (κ1) is 17.2. The second-order valence-electron chi connectivity index (χ2n) is 6.84. The highest BCUT2D eigenvalue weighted by atomic mass is 19.1. The van der Waals surface area contributed by atoms with Gasteiger partial charge in [0.25, 0.3) is 5.91 Å². The fourth-order valence-corrected chi connectivity index (χ4v) is 3.78. The zero-order valence-corrected chi connectivity index (χ0v) is 14.6. The molecule has 1 aliphatic carbocycles. The average Bonchev–Trinajstić information content (AvgIpc) is 3.13. The molecule has 0 saturated heterocycles. The van der Waals surface area contributed by atoms with E-state index in [1.165, 1.54) is 31.2 Å². The number of halogens is 1. The van der Waals surface area contributed by atoms with E-state index in [2.05, 4.69) is 10.3 Å². The molecule has 27 heavy (non-hydrogen) atoms. The van der Waals surface area contributed by atoms with Crippen molar-refractivity contribution in [1.29, 1.82) is 0 Å². The molecule has 138 valence electrons. The standard InChI is InChI=1S/C20H17FN2O4/c1-9(20(26)27)17-15(22-14-3-2-4-16(24)18(14)17)8-12-11-7-10(21)5-6-13(11)23-19(12)25/h5-9,22H,2-4H2,1H3,(H,23,25)(H,26,27)/b12-8-. The van der Waals surface area contributed by atoms with Gasteiger partial charge in [-0.2, -0.15) is 0 Å². The van der Waals surface area contributed by atoms with E-state index in [0.29, 0.717) is 53.0 Å². The number of aromatic nitrogens is 1. The number of carboxylic acid groups (broad SMARTS) is 1. The lowest BCUT2D eigenvalue weighted by Crippen LogP contribution is -2.15. The number of hydrogen-bond acceptors (Lipinski definition) is 3. The number of H-pyrrole nitrogens is 1. The van der Waals surface area contributed by atoms with Gasteiger partial charge in [-0.3, -0.25) is 14.4 Å². The number of carbonyl (C=O) groups is 3. The van der Waals surface area contributed by atoms with Crippen molar-refractivity contribution in [2.45, 2.75) is 32.1 Å². The Morgan fingerprint density at radius 2 is 2.07 bits per heavy atom. The fraction of sp³-hybridized carbons (Fsp3) is 0.250. The maximum Gasteiger partial charge on any atom is 0.310 e. The summed E-state index contributed by atoms with van der Waals surface area (Å²) in [4.78, 5) is 39.5. The maximum atomic E-state index is 13.7. The molecule has 2 aromatic rings. The van der Waals surface area contributed by atoms with Crippen molar-refractivity contribution >= 4 is 35.0 Å². The largest absolute Gasteiger partial charge is 0.481 e. The van der Waals surface area contributed by atoms with Gasteiger partial charge in [-0.15, -0.1) is 0 Å². The number of benzene rings is 1. The molecule has 1 unspecified atom stereocenters.